The highest BCUT2D eigenvalue weighted by Gasteiger charge is 2.32. The predicted octanol–water partition coefficient (Wildman–Crippen LogP) is 4.16. The van der Waals surface area contributed by atoms with Gasteiger partial charge in [-0.05, 0) is 48.8 Å². The highest BCUT2D eigenvalue weighted by atomic mass is 35.5. The third-order valence-electron chi connectivity index (χ3n) is 4.28. The molecule has 9 nitrogen and oxygen atoms in total. The first kappa shape index (κ1) is 21.7. The van der Waals surface area contributed by atoms with Crippen LogP contribution < -0.4 is 5.32 Å². The number of esters is 2. The van der Waals surface area contributed by atoms with Crippen LogP contribution in [0.1, 0.15) is 52.0 Å². The Balaban J connectivity index is 1.65. The molecule has 0 unspecified atom stereocenters. The summed E-state index contributed by atoms with van der Waals surface area (Å²) in [5.41, 5.74) is 0.621. The molecular weight excluding hydrogens is 436 g/mol. The van der Waals surface area contributed by atoms with E-state index in [1.54, 1.807) is 6.92 Å². The van der Waals surface area contributed by atoms with Crippen LogP contribution in [-0.2, 0) is 14.3 Å². The molecule has 11 heteroatoms. The van der Waals surface area contributed by atoms with Crippen LogP contribution >= 0.6 is 22.9 Å². The Hall–Kier alpha value is -2.98. The summed E-state index contributed by atoms with van der Waals surface area (Å²) in [4.78, 5) is 46.9. The van der Waals surface area contributed by atoms with Gasteiger partial charge in [0.2, 0.25) is 0 Å². The molecular formula is C19H17ClN2O7S. The fourth-order valence-electron chi connectivity index (χ4n) is 2.73. The number of nitrogens with one attached hydrogen (secondary N) is 1. The molecule has 1 aromatic carbocycles. The Bertz CT molecular complexity index is 1020. The molecule has 1 aliphatic carbocycles. The minimum Gasteiger partial charge on any atom is -0.462 e. The fraction of sp³-hybridized carbons (Fsp3) is 0.316. The minimum atomic E-state index is -0.916. The lowest BCUT2D eigenvalue weighted by Gasteiger charge is -2.09. The number of ether oxygens (including phenoxy) is 2. The van der Waals surface area contributed by atoms with Gasteiger partial charge in [0.1, 0.15) is 10.0 Å². The van der Waals surface area contributed by atoms with E-state index in [0.29, 0.717) is 10.6 Å². The zero-order valence-corrected chi connectivity index (χ0v) is 17.4. The lowest BCUT2D eigenvalue weighted by Crippen LogP contribution is -2.22. The molecule has 1 amide bonds. The second kappa shape index (κ2) is 9.23. The minimum absolute atomic E-state index is 0.113. The highest BCUT2D eigenvalue weighted by molar-refractivity contribution is 7.15. The van der Waals surface area contributed by atoms with Crippen molar-refractivity contribution in [1.82, 2.24) is 0 Å². The first-order valence-corrected chi connectivity index (χ1v) is 10.3. The summed E-state index contributed by atoms with van der Waals surface area (Å²) < 4.78 is 10.0. The van der Waals surface area contributed by atoms with Crippen LogP contribution in [0.5, 0.6) is 0 Å². The maximum atomic E-state index is 12.3. The lowest BCUT2D eigenvalue weighted by atomic mass is 10.1. The van der Waals surface area contributed by atoms with Crippen molar-refractivity contribution in [2.24, 2.45) is 0 Å². The molecule has 0 saturated heterocycles. The molecule has 0 aliphatic heterocycles. The van der Waals surface area contributed by atoms with Crippen LogP contribution in [0.2, 0.25) is 5.02 Å². The maximum absolute atomic E-state index is 12.3. The molecule has 0 bridgehead atoms. The van der Waals surface area contributed by atoms with Gasteiger partial charge in [0, 0.05) is 6.07 Å². The summed E-state index contributed by atoms with van der Waals surface area (Å²) in [6, 6.07) is 3.44. The van der Waals surface area contributed by atoms with E-state index in [0.717, 1.165) is 24.5 Å². The van der Waals surface area contributed by atoms with Gasteiger partial charge in [0.15, 0.2) is 6.61 Å². The molecule has 3 rings (SSSR count). The molecule has 158 valence electrons. The quantitative estimate of drug-likeness (QED) is 0.362. The van der Waals surface area contributed by atoms with Crippen molar-refractivity contribution in [1.29, 1.82) is 0 Å². The standard InChI is InChI=1S/C19H17ClN2O7S/c1-2-28-19(25)16-12(10-3-4-10)9-30-17(16)21-15(23)8-29-18(24)11-5-6-13(20)14(7-11)22(26)27/h5-7,9-10H,2-4,8H2,1H3,(H,21,23). The smallest absolute Gasteiger partial charge is 0.341 e. The molecule has 30 heavy (non-hydrogen) atoms. The number of amides is 1. The zero-order chi connectivity index (χ0) is 21.8. The number of halogens is 1. The summed E-state index contributed by atoms with van der Waals surface area (Å²) in [5.74, 6) is -1.80. The highest BCUT2D eigenvalue weighted by Crippen LogP contribution is 2.46. The molecule has 1 aliphatic rings. The van der Waals surface area contributed by atoms with E-state index < -0.39 is 35.1 Å². The molecule has 1 saturated carbocycles. The van der Waals surface area contributed by atoms with E-state index in [-0.39, 0.29) is 23.1 Å². The first-order chi connectivity index (χ1) is 14.3. The average Bonchev–Trinajstić information content (AvgIpc) is 3.47. The van der Waals surface area contributed by atoms with Crippen LogP contribution in [0.25, 0.3) is 0 Å². The second-order valence-corrected chi connectivity index (χ2v) is 7.72. The summed E-state index contributed by atoms with van der Waals surface area (Å²) in [6.07, 6.45) is 1.95. The number of hydrogen-bond donors (Lipinski definition) is 1. The normalized spacial score (nSPS) is 12.9. The number of anilines is 1. The molecule has 0 atom stereocenters. The van der Waals surface area contributed by atoms with Crippen LogP contribution in [0.15, 0.2) is 23.6 Å². The zero-order valence-electron chi connectivity index (χ0n) is 15.8. The van der Waals surface area contributed by atoms with Gasteiger partial charge in [-0.15, -0.1) is 11.3 Å². The van der Waals surface area contributed by atoms with Crippen molar-refractivity contribution in [3.05, 3.63) is 55.4 Å². The monoisotopic (exact) mass is 452 g/mol. The summed E-state index contributed by atoms with van der Waals surface area (Å²) in [6.45, 7) is 1.27. The van der Waals surface area contributed by atoms with Crippen molar-refractivity contribution >= 4 is 51.5 Å². The summed E-state index contributed by atoms with van der Waals surface area (Å²) in [7, 11) is 0. The topological polar surface area (TPSA) is 125 Å². The van der Waals surface area contributed by atoms with E-state index in [1.165, 1.54) is 23.5 Å². The lowest BCUT2D eigenvalue weighted by molar-refractivity contribution is -0.384. The van der Waals surface area contributed by atoms with Gasteiger partial charge in [-0.3, -0.25) is 14.9 Å². The second-order valence-electron chi connectivity index (χ2n) is 6.44. The van der Waals surface area contributed by atoms with E-state index in [2.05, 4.69) is 5.32 Å². The molecule has 1 heterocycles. The van der Waals surface area contributed by atoms with Gasteiger partial charge in [-0.1, -0.05) is 11.6 Å². The summed E-state index contributed by atoms with van der Waals surface area (Å²) in [5, 5.41) is 15.5. The molecule has 0 radical (unpaired) electrons. The fourth-order valence-corrected chi connectivity index (χ4v) is 3.96. The number of nitro benzene ring substituents is 1. The van der Waals surface area contributed by atoms with Crippen LogP contribution in [0, 0.1) is 10.1 Å². The number of hydrogen-bond acceptors (Lipinski definition) is 8. The molecule has 1 aromatic heterocycles. The maximum Gasteiger partial charge on any atom is 0.341 e. The Morgan fingerprint density at radius 2 is 2.00 bits per heavy atom. The Morgan fingerprint density at radius 1 is 1.27 bits per heavy atom. The van der Waals surface area contributed by atoms with Crippen LogP contribution in [0.4, 0.5) is 10.7 Å². The van der Waals surface area contributed by atoms with Gasteiger partial charge in [0.05, 0.1) is 22.7 Å². The molecule has 0 spiro atoms. The number of thiophene rings is 1. The first-order valence-electron chi connectivity index (χ1n) is 9.01. The van der Waals surface area contributed by atoms with Crippen molar-refractivity contribution in [2.75, 3.05) is 18.5 Å². The number of nitro groups is 1. The molecule has 1 N–H and O–H groups in total. The van der Waals surface area contributed by atoms with Crippen molar-refractivity contribution in [3.8, 4) is 0 Å². The van der Waals surface area contributed by atoms with E-state index in [4.69, 9.17) is 21.1 Å². The predicted molar refractivity (Wildman–Crippen MR) is 109 cm³/mol. The Morgan fingerprint density at radius 3 is 2.63 bits per heavy atom. The molecule has 2 aromatic rings. The van der Waals surface area contributed by atoms with Crippen LogP contribution in [0.3, 0.4) is 0 Å². The Labute approximate surface area is 180 Å². The van der Waals surface area contributed by atoms with Gasteiger partial charge in [0.25, 0.3) is 11.6 Å². The van der Waals surface area contributed by atoms with Gasteiger partial charge in [-0.2, -0.15) is 0 Å². The number of rotatable bonds is 8. The SMILES string of the molecule is CCOC(=O)c1c(C2CC2)csc1NC(=O)COC(=O)c1ccc(Cl)c([N+](=O)[O-])c1. The Kier molecular flexibility index (Phi) is 6.68. The van der Waals surface area contributed by atoms with Gasteiger partial charge < -0.3 is 14.8 Å². The van der Waals surface area contributed by atoms with Gasteiger partial charge in [-0.25, -0.2) is 9.59 Å². The van der Waals surface area contributed by atoms with E-state index >= 15 is 0 Å². The number of benzene rings is 1. The number of nitrogens with zero attached hydrogens (tertiary/aromatic N) is 1. The third kappa shape index (κ3) is 4.95. The number of carbonyl (C=O) groups is 3. The van der Waals surface area contributed by atoms with Crippen LogP contribution in [-0.4, -0.2) is 36.0 Å². The van der Waals surface area contributed by atoms with Gasteiger partial charge >= 0.3 is 11.9 Å². The third-order valence-corrected chi connectivity index (χ3v) is 5.52. The average molecular weight is 453 g/mol. The van der Waals surface area contributed by atoms with E-state index in [9.17, 15) is 24.5 Å². The summed E-state index contributed by atoms with van der Waals surface area (Å²) >= 11 is 6.91. The van der Waals surface area contributed by atoms with Crippen molar-refractivity contribution in [2.45, 2.75) is 25.7 Å². The largest absolute Gasteiger partial charge is 0.462 e. The number of carbonyl (C=O) groups excluding carboxylic acids is 3. The van der Waals surface area contributed by atoms with Crippen molar-refractivity contribution in [3.63, 3.8) is 0 Å². The molecule has 1 fully saturated rings. The van der Waals surface area contributed by atoms with E-state index in [1.807, 2.05) is 5.38 Å². The van der Waals surface area contributed by atoms with Crippen molar-refractivity contribution < 1.29 is 28.8 Å².